The Bertz CT molecular complexity index is 362. The number of ketones is 2. The molecular formula is C10H7Cl3O2. The normalized spacial score (nSPS) is 12.5. The predicted molar refractivity (Wildman–Crippen MR) is 60.9 cm³/mol. The first kappa shape index (κ1) is 12.5. The quantitative estimate of drug-likeness (QED) is 0.476. The van der Waals surface area contributed by atoms with Gasteiger partial charge >= 0.3 is 0 Å². The Balaban J connectivity index is 2.82. The van der Waals surface area contributed by atoms with Crippen LogP contribution in [0.5, 0.6) is 0 Å². The van der Waals surface area contributed by atoms with Crippen molar-refractivity contribution in [2.45, 2.75) is 10.2 Å². The second-order valence-corrected chi connectivity index (χ2v) is 4.33. The maximum absolute atomic E-state index is 11.6. The van der Waals surface area contributed by atoms with E-state index in [1.54, 1.807) is 30.3 Å². The van der Waals surface area contributed by atoms with E-state index in [9.17, 15) is 9.59 Å². The third-order valence-electron chi connectivity index (χ3n) is 1.75. The van der Waals surface area contributed by atoms with Crippen molar-refractivity contribution in [1.29, 1.82) is 0 Å². The Morgan fingerprint density at radius 3 is 2.00 bits per heavy atom. The SMILES string of the molecule is O=C(c1ccccc1)C(Cl)C(=O)C(Cl)Cl. The van der Waals surface area contributed by atoms with E-state index in [1.807, 2.05) is 0 Å². The number of carbonyl (C=O) groups is 2. The number of halogens is 3. The summed E-state index contributed by atoms with van der Waals surface area (Å²) in [4.78, 5) is 21.6. The number of carbonyl (C=O) groups excluding carboxylic acids is 2. The van der Waals surface area contributed by atoms with E-state index in [1.165, 1.54) is 0 Å². The lowest BCUT2D eigenvalue weighted by Gasteiger charge is -2.07. The molecule has 1 unspecified atom stereocenters. The van der Waals surface area contributed by atoms with Crippen molar-refractivity contribution in [2.24, 2.45) is 0 Å². The van der Waals surface area contributed by atoms with Crippen LogP contribution in [-0.2, 0) is 4.79 Å². The molecule has 15 heavy (non-hydrogen) atoms. The Labute approximate surface area is 102 Å². The van der Waals surface area contributed by atoms with Crippen LogP contribution in [0.25, 0.3) is 0 Å². The zero-order chi connectivity index (χ0) is 11.4. The highest BCUT2D eigenvalue weighted by atomic mass is 35.5. The molecule has 1 aromatic rings. The van der Waals surface area contributed by atoms with E-state index >= 15 is 0 Å². The highest BCUT2D eigenvalue weighted by molar-refractivity contribution is 6.59. The molecule has 0 heterocycles. The number of rotatable bonds is 4. The molecule has 0 radical (unpaired) electrons. The van der Waals surface area contributed by atoms with Crippen molar-refractivity contribution >= 4 is 46.4 Å². The fraction of sp³-hybridized carbons (Fsp3) is 0.200. The van der Waals surface area contributed by atoms with Crippen molar-refractivity contribution in [1.82, 2.24) is 0 Å². The van der Waals surface area contributed by atoms with Gasteiger partial charge in [-0.25, -0.2) is 0 Å². The smallest absolute Gasteiger partial charge is 0.191 e. The summed E-state index contributed by atoms with van der Waals surface area (Å²) in [5.74, 6) is -1.19. The Kier molecular flexibility index (Phi) is 4.58. The Morgan fingerprint density at radius 2 is 1.53 bits per heavy atom. The zero-order valence-electron chi connectivity index (χ0n) is 7.49. The molecule has 0 N–H and O–H groups in total. The predicted octanol–water partition coefficient (Wildman–Crippen LogP) is 2.85. The lowest BCUT2D eigenvalue weighted by Crippen LogP contribution is -2.29. The largest absolute Gasteiger partial charge is 0.294 e. The minimum absolute atomic E-state index is 0.361. The number of benzene rings is 1. The molecule has 0 bridgehead atoms. The monoisotopic (exact) mass is 264 g/mol. The van der Waals surface area contributed by atoms with E-state index in [2.05, 4.69) is 0 Å². The Hall–Kier alpha value is -0.570. The molecule has 0 saturated carbocycles. The van der Waals surface area contributed by atoms with Crippen molar-refractivity contribution in [3.8, 4) is 0 Å². The van der Waals surface area contributed by atoms with E-state index in [-0.39, 0.29) is 0 Å². The summed E-state index contributed by atoms with van der Waals surface area (Å²) in [6.07, 6.45) is 0. The maximum Gasteiger partial charge on any atom is 0.191 e. The van der Waals surface area contributed by atoms with Crippen molar-refractivity contribution < 1.29 is 9.59 Å². The van der Waals surface area contributed by atoms with Crippen LogP contribution in [0.3, 0.4) is 0 Å². The van der Waals surface area contributed by atoms with Gasteiger partial charge in [0.1, 0.15) is 0 Å². The first-order chi connectivity index (χ1) is 7.04. The molecule has 0 aliphatic heterocycles. The average Bonchev–Trinajstić information content (AvgIpc) is 2.27. The molecule has 1 rings (SSSR count). The third kappa shape index (κ3) is 3.20. The lowest BCUT2D eigenvalue weighted by atomic mass is 10.1. The van der Waals surface area contributed by atoms with Crippen molar-refractivity contribution in [3.63, 3.8) is 0 Å². The first-order valence-corrected chi connectivity index (χ1v) is 5.40. The van der Waals surface area contributed by atoms with E-state index in [0.29, 0.717) is 5.56 Å². The molecule has 0 aliphatic rings. The van der Waals surface area contributed by atoms with Crippen LogP contribution in [0.4, 0.5) is 0 Å². The molecule has 0 spiro atoms. The molecule has 0 fully saturated rings. The summed E-state index contributed by atoms with van der Waals surface area (Å²) in [6, 6.07) is 8.26. The molecule has 0 aromatic heterocycles. The van der Waals surface area contributed by atoms with Gasteiger partial charge in [-0.2, -0.15) is 0 Å². The molecular weight excluding hydrogens is 258 g/mol. The summed E-state index contributed by atoms with van der Waals surface area (Å²) in [7, 11) is 0. The van der Waals surface area contributed by atoms with Gasteiger partial charge in [-0.3, -0.25) is 9.59 Å². The average molecular weight is 266 g/mol. The fourth-order valence-electron chi connectivity index (χ4n) is 0.989. The van der Waals surface area contributed by atoms with Gasteiger partial charge in [-0.05, 0) is 0 Å². The van der Waals surface area contributed by atoms with Crippen LogP contribution in [0.15, 0.2) is 30.3 Å². The topological polar surface area (TPSA) is 34.1 Å². The minimum Gasteiger partial charge on any atom is -0.294 e. The molecule has 0 saturated heterocycles. The summed E-state index contributed by atoms with van der Waals surface area (Å²) in [6.45, 7) is 0. The highest BCUT2D eigenvalue weighted by Gasteiger charge is 2.28. The van der Waals surface area contributed by atoms with Crippen molar-refractivity contribution in [2.75, 3.05) is 0 Å². The van der Waals surface area contributed by atoms with Crippen LogP contribution in [0, 0.1) is 0 Å². The number of hydrogen-bond donors (Lipinski definition) is 0. The minimum atomic E-state index is -1.33. The maximum atomic E-state index is 11.6. The van der Waals surface area contributed by atoms with Crippen LogP contribution >= 0.6 is 34.8 Å². The molecule has 2 nitrogen and oxygen atoms in total. The number of alkyl halides is 3. The standard InChI is InChI=1S/C10H7Cl3O2/c11-7(9(15)10(12)13)8(14)6-4-2-1-3-5-6/h1-5,7,10H. The van der Waals surface area contributed by atoms with Crippen LogP contribution in [-0.4, -0.2) is 21.8 Å². The summed E-state index contributed by atoms with van der Waals surface area (Å²) >= 11 is 16.3. The zero-order valence-corrected chi connectivity index (χ0v) is 9.76. The van der Waals surface area contributed by atoms with Crippen LogP contribution in [0.2, 0.25) is 0 Å². The summed E-state index contributed by atoms with van der Waals surface area (Å²) < 4.78 is 0. The van der Waals surface area contributed by atoms with Gasteiger partial charge < -0.3 is 0 Å². The van der Waals surface area contributed by atoms with Crippen LogP contribution in [0.1, 0.15) is 10.4 Å². The van der Waals surface area contributed by atoms with Gasteiger partial charge in [-0.15, -0.1) is 11.6 Å². The summed E-state index contributed by atoms with van der Waals surface area (Å²) in [5, 5.41) is -1.33. The van der Waals surface area contributed by atoms with Gasteiger partial charge in [0.15, 0.2) is 21.8 Å². The highest BCUT2D eigenvalue weighted by Crippen LogP contribution is 2.15. The lowest BCUT2D eigenvalue weighted by molar-refractivity contribution is -0.116. The molecule has 1 aromatic carbocycles. The van der Waals surface area contributed by atoms with Gasteiger partial charge in [0, 0.05) is 5.56 Å². The van der Waals surface area contributed by atoms with Crippen LogP contribution < -0.4 is 0 Å². The summed E-state index contributed by atoms with van der Waals surface area (Å²) in [5.41, 5.74) is 0.361. The molecule has 0 aliphatic carbocycles. The third-order valence-corrected chi connectivity index (χ3v) is 2.60. The first-order valence-electron chi connectivity index (χ1n) is 4.09. The van der Waals surface area contributed by atoms with E-state index in [4.69, 9.17) is 34.8 Å². The van der Waals surface area contributed by atoms with Gasteiger partial charge in [0.05, 0.1) is 0 Å². The van der Waals surface area contributed by atoms with Crippen molar-refractivity contribution in [3.05, 3.63) is 35.9 Å². The molecule has 1 atom stereocenters. The molecule has 80 valence electrons. The number of hydrogen-bond acceptors (Lipinski definition) is 2. The fourth-order valence-corrected chi connectivity index (χ4v) is 1.62. The van der Waals surface area contributed by atoms with Gasteiger partial charge in [0.25, 0.3) is 0 Å². The van der Waals surface area contributed by atoms with Gasteiger partial charge in [-0.1, -0.05) is 53.5 Å². The second-order valence-electron chi connectivity index (χ2n) is 2.80. The second kappa shape index (κ2) is 5.50. The van der Waals surface area contributed by atoms with Gasteiger partial charge in [0.2, 0.25) is 0 Å². The number of Topliss-reactive ketones (excluding diaryl/α,β-unsaturated/α-hetero) is 2. The molecule has 5 heteroatoms. The Morgan fingerprint density at radius 1 is 1.00 bits per heavy atom. The van der Waals surface area contributed by atoms with E-state index < -0.39 is 21.8 Å². The molecule has 0 amide bonds. The van der Waals surface area contributed by atoms with E-state index in [0.717, 1.165) is 0 Å².